The van der Waals surface area contributed by atoms with Crippen LogP contribution in [0.5, 0.6) is 0 Å². The van der Waals surface area contributed by atoms with Crippen LogP contribution in [-0.2, 0) is 25.6 Å². The number of hydrogen-bond acceptors (Lipinski definition) is 4. The van der Waals surface area contributed by atoms with Crippen molar-refractivity contribution in [2.75, 3.05) is 0 Å². The first kappa shape index (κ1) is 13.1. The molecule has 19 heavy (non-hydrogen) atoms. The maximum Gasteiger partial charge on any atom is 0.190 e. The molecule has 0 amide bonds. The Bertz CT molecular complexity index is 431. The zero-order valence-corrected chi connectivity index (χ0v) is 11.5. The fraction of sp³-hybridized carbons (Fsp3) is 0.600. The molecule has 0 radical (unpaired) electrons. The van der Waals surface area contributed by atoms with E-state index in [-0.39, 0.29) is 24.6 Å². The van der Waals surface area contributed by atoms with E-state index >= 15 is 0 Å². The van der Waals surface area contributed by atoms with E-state index in [0.29, 0.717) is 6.61 Å². The lowest BCUT2D eigenvalue weighted by Crippen LogP contribution is -2.35. The van der Waals surface area contributed by atoms with Crippen molar-refractivity contribution in [1.29, 1.82) is 0 Å². The topological polar surface area (TPSA) is 36.9 Å². The van der Waals surface area contributed by atoms with Crippen LogP contribution in [0.1, 0.15) is 26.3 Å². The van der Waals surface area contributed by atoms with Crippen LogP contribution < -0.4 is 0 Å². The van der Waals surface area contributed by atoms with Gasteiger partial charge in [0.05, 0.1) is 12.7 Å². The highest BCUT2D eigenvalue weighted by Crippen LogP contribution is 2.38. The summed E-state index contributed by atoms with van der Waals surface area (Å²) in [6.07, 6.45) is -0.568. The van der Waals surface area contributed by atoms with Crippen LogP contribution in [0.2, 0.25) is 0 Å². The van der Waals surface area contributed by atoms with Gasteiger partial charge in [-0.15, -0.1) is 0 Å². The van der Waals surface area contributed by atoms with Gasteiger partial charge in [0, 0.05) is 0 Å². The first-order chi connectivity index (χ1) is 9.05. The number of rotatable bonds is 3. The second-order valence-corrected chi connectivity index (χ2v) is 5.57. The molecular weight excluding hydrogens is 244 g/mol. The molecule has 4 heteroatoms. The van der Waals surface area contributed by atoms with Crippen LogP contribution in [0, 0.1) is 0 Å². The Morgan fingerprint density at radius 1 is 1.16 bits per heavy atom. The lowest BCUT2D eigenvalue weighted by Gasteiger charge is -2.24. The standard InChI is InChI=1S/C15H20O4/c1-10-12(16-9-11-7-5-4-6-8-11)13-14(17-10)19-15(2,3)18-13/h4-8,10,12-14H,9H2,1-3H3/t10?,12-,13?,14?/m0/s1. The number of ether oxygens (including phenoxy) is 4. The molecule has 104 valence electrons. The number of hydrogen-bond donors (Lipinski definition) is 0. The first-order valence-electron chi connectivity index (χ1n) is 6.72. The van der Waals surface area contributed by atoms with E-state index in [9.17, 15) is 0 Å². The van der Waals surface area contributed by atoms with E-state index in [4.69, 9.17) is 18.9 Å². The van der Waals surface area contributed by atoms with Gasteiger partial charge in [-0.2, -0.15) is 0 Å². The minimum atomic E-state index is -0.593. The molecule has 1 aromatic carbocycles. The predicted molar refractivity (Wildman–Crippen MR) is 69.4 cm³/mol. The van der Waals surface area contributed by atoms with Crippen molar-refractivity contribution < 1.29 is 18.9 Å². The van der Waals surface area contributed by atoms with E-state index in [2.05, 4.69) is 0 Å². The number of benzene rings is 1. The maximum atomic E-state index is 5.98. The smallest absolute Gasteiger partial charge is 0.190 e. The molecule has 2 aliphatic rings. The van der Waals surface area contributed by atoms with E-state index in [1.165, 1.54) is 0 Å². The predicted octanol–water partition coefficient (Wildman–Crippen LogP) is 2.47. The van der Waals surface area contributed by atoms with Gasteiger partial charge in [-0.05, 0) is 26.3 Å². The summed E-state index contributed by atoms with van der Waals surface area (Å²) >= 11 is 0. The van der Waals surface area contributed by atoms with Crippen LogP contribution >= 0.6 is 0 Å². The van der Waals surface area contributed by atoms with Gasteiger partial charge in [-0.3, -0.25) is 0 Å². The van der Waals surface area contributed by atoms with Gasteiger partial charge >= 0.3 is 0 Å². The van der Waals surface area contributed by atoms with Gasteiger partial charge in [0.25, 0.3) is 0 Å². The molecule has 2 saturated heterocycles. The van der Waals surface area contributed by atoms with Crippen molar-refractivity contribution >= 4 is 0 Å². The first-order valence-corrected chi connectivity index (χ1v) is 6.72. The Labute approximate surface area is 113 Å². The fourth-order valence-electron chi connectivity index (χ4n) is 2.64. The summed E-state index contributed by atoms with van der Waals surface area (Å²) in [5.74, 6) is -0.593. The van der Waals surface area contributed by atoms with E-state index in [0.717, 1.165) is 5.56 Å². The lowest BCUT2D eigenvalue weighted by atomic mass is 10.1. The molecule has 0 N–H and O–H groups in total. The summed E-state index contributed by atoms with van der Waals surface area (Å²) in [6.45, 7) is 6.35. The monoisotopic (exact) mass is 264 g/mol. The zero-order valence-electron chi connectivity index (χ0n) is 11.5. The summed E-state index contributed by atoms with van der Waals surface area (Å²) in [5, 5.41) is 0. The zero-order chi connectivity index (χ0) is 13.5. The van der Waals surface area contributed by atoms with Crippen LogP contribution in [0.4, 0.5) is 0 Å². The molecule has 2 heterocycles. The maximum absolute atomic E-state index is 5.98. The molecule has 3 unspecified atom stereocenters. The Balaban J connectivity index is 1.64. The van der Waals surface area contributed by atoms with E-state index in [1.807, 2.05) is 51.1 Å². The molecule has 0 spiro atoms. The average Bonchev–Trinajstić information content (AvgIpc) is 2.79. The normalized spacial score (nSPS) is 36.4. The molecule has 1 aromatic rings. The second kappa shape index (κ2) is 4.87. The molecule has 0 bridgehead atoms. The van der Waals surface area contributed by atoms with Gasteiger partial charge in [0.15, 0.2) is 12.1 Å². The summed E-state index contributed by atoms with van der Waals surface area (Å²) < 4.78 is 23.3. The minimum absolute atomic E-state index is 0.0187. The quantitative estimate of drug-likeness (QED) is 0.840. The summed E-state index contributed by atoms with van der Waals surface area (Å²) in [5.41, 5.74) is 1.15. The van der Waals surface area contributed by atoms with Crippen molar-refractivity contribution in [2.24, 2.45) is 0 Å². The van der Waals surface area contributed by atoms with Crippen LogP contribution in [-0.4, -0.2) is 30.4 Å². The molecular formula is C15H20O4. The third-order valence-electron chi connectivity index (χ3n) is 3.51. The van der Waals surface area contributed by atoms with Crippen molar-refractivity contribution in [3.05, 3.63) is 35.9 Å². The molecule has 4 atom stereocenters. The van der Waals surface area contributed by atoms with Gasteiger partial charge in [0.1, 0.15) is 12.2 Å². The Kier molecular flexibility index (Phi) is 3.35. The SMILES string of the molecule is CC1OC2OC(C)(C)OC2[C@H]1OCc1ccccc1. The van der Waals surface area contributed by atoms with Gasteiger partial charge in [-0.1, -0.05) is 30.3 Å². The Morgan fingerprint density at radius 3 is 2.63 bits per heavy atom. The van der Waals surface area contributed by atoms with Crippen molar-refractivity contribution in [3.63, 3.8) is 0 Å². The number of fused-ring (bicyclic) bond motifs is 1. The molecule has 2 aliphatic heterocycles. The lowest BCUT2D eigenvalue weighted by molar-refractivity contribution is -0.216. The third-order valence-corrected chi connectivity index (χ3v) is 3.51. The highest BCUT2D eigenvalue weighted by molar-refractivity contribution is 5.13. The molecule has 3 rings (SSSR count). The summed E-state index contributed by atoms with van der Waals surface area (Å²) in [7, 11) is 0. The average molecular weight is 264 g/mol. The molecule has 0 saturated carbocycles. The van der Waals surface area contributed by atoms with Crippen LogP contribution in [0.15, 0.2) is 30.3 Å². The third kappa shape index (κ3) is 2.67. The Hall–Kier alpha value is -0.940. The van der Waals surface area contributed by atoms with Crippen molar-refractivity contribution in [2.45, 2.75) is 57.8 Å². The second-order valence-electron chi connectivity index (χ2n) is 5.57. The van der Waals surface area contributed by atoms with Gasteiger partial charge < -0.3 is 18.9 Å². The van der Waals surface area contributed by atoms with Crippen molar-refractivity contribution in [3.8, 4) is 0 Å². The molecule has 0 aromatic heterocycles. The van der Waals surface area contributed by atoms with Crippen molar-refractivity contribution in [1.82, 2.24) is 0 Å². The van der Waals surface area contributed by atoms with Crippen LogP contribution in [0.25, 0.3) is 0 Å². The highest BCUT2D eigenvalue weighted by Gasteiger charge is 2.54. The van der Waals surface area contributed by atoms with Gasteiger partial charge in [-0.25, -0.2) is 0 Å². The molecule has 4 nitrogen and oxygen atoms in total. The Morgan fingerprint density at radius 2 is 1.89 bits per heavy atom. The van der Waals surface area contributed by atoms with Crippen LogP contribution in [0.3, 0.4) is 0 Å². The molecule has 2 fully saturated rings. The summed E-state index contributed by atoms with van der Waals surface area (Å²) in [4.78, 5) is 0. The van der Waals surface area contributed by atoms with E-state index < -0.39 is 5.79 Å². The van der Waals surface area contributed by atoms with E-state index in [1.54, 1.807) is 0 Å². The fourth-order valence-corrected chi connectivity index (χ4v) is 2.64. The largest absolute Gasteiger partial charge is 0.368 e. The van der Waals surface area contributed by atoms with Gasteiger partial charge in [0.2, 0.25) is 0 Å². The minimum Gasteiger partial charge on any atom is -0.368 e. The summed E-state index contributed by atoms with van der Waals surface area (Å²) in [6, 6.07) is 10.1. The molecule has 0 aliphatic carbocycles. The highest BCUT2D eigenvalue weighted by atomic mass is 16.8.